The van der Waals surface area contributed by atoms with Gasteiger partial charge in [0.15, 0.2) is 18.2 Å². The smallest absolute Gasteiger partial charge is 0.410 e. The fraction of sp³-hybridized carbons (Fsp3) is 0.647. The summed E-state index contributed by atoms with van der Waals surface area (Å²) in [6.07, 6.45) is -4.35. The first kappa shape index (κ1) is 24.2. The van der Waals surface area contributed by atoms with E-state index in [1.165, 1.54) is 11.8 Å². The molecule has 0 unspecified atom stereocenters. The summed E-state index contributed by atoms with van der Waals surface area (Å²) in [6.45, 7) is 2.14. The monoisotopic (exact) mass is 444 g/mol. The molecule has 2 rings (SSSR count). The number of ether oxygens (including phenoxy) is 2. The van der Waals surface area contributed by atoms with Crippen molar-refractivity contribution in [2.45, 2.75) is 37.3 Å². The average Bonchev–Trinajstić information content (AvgIpc) is 2.72. The Morgan fingerprint density at radius 2 is 2.03 bits per heavy atom. The number of aliphatic imine (C=N–C) groups is 1. The highest BCUT2D eigenvalue weighted by Crippen LogP contribution is 2.27. The highest BCUT2D eigenvalue weighted by molar-refractivity contribution is 5.85. The molecule has 0 spiro atoms. The molecule has 0 aromatic heterocycles. The fourth-order valence-corrected chi connectivity index (χ4v) is 3.30. The molecule has 0 aliphatic carbocycles. The lowest BCUT2D eigenvalue weighted by Gasteiger charge is -2.40. The average molecular weight is 444 g/mol. The number of hydrogen-bond donors (Lipinski definition) is 7. The van der Waals surface area contributed by atoms with Crippen LogP contribution in [0.15, 0.2) is 16.8 Å². The molecule has 0 aromatic rings. The Morgan fingerprint density at radius 1 is 1.39 bits per heavy atom. The van der Waals surface area contributed by atoms with Crippen LogP contribution in [0.3, 0.4) is 0 Å². The maximum atomic E-state index is 12.6. The summed E-state index contributed by atoms with van der Waals surface area (Å²) < 4.78 is 10.9. The van der Waals surface area contributed by atoms with Gasteiger partial charge in [-0.15, -0.1) is 0 Å². The number of nitrogens with zero attached hydrogens (tertiary/aromatic N) is 2. The van der Waals surface area contributed by atoms with Gasteiger partial charge in [-0.25, -0.2) is 14.6 Å². The second-order valence-electron chi connectivity index (χ2n) is 7.02. The zero-order chi connectivity index (χ0) is 23.1. The van der Waals surface area contributed by atoms with Gasteiger partial charge in [-0.1, -0.05) is 0 Å². The number of carbonyl (C=O) groups is 3. The van der Waals surface area contributed by atoms with E-state index in [2.05, 4.69) is 15.6 Å². The Labute approximate surface area is 177 Å². The quantitative estimate of drug-likeness (QED) is 0.149. The highest BCUT2D eigenvalue weighted by Gasteiger charge is 2.46. The second kappa shape index (κ2) is 10.8. The van der Waals surface area contributed by atoms with Crippen molar-refractivity contribution in [3.05, 3.63) is 11.8 Å². The van der Waals surface area contributed by atoms with Gasteiger partial charge in [-0.2, -0.15) is 0 Å². The minimum atomic E-state index is -1.65. The molecule has 0 bridgehead atoms. The van der Waals surface area contributed by atoms with Gasteiger partial charge in [0.2, 0.25) is 11.7 Å². The van der Waals surface area contributed by atoms with Crippen molar-refractivity contribution in [2.75, 3.05) is 32.8 Å². The van der Waals surface area contributed by atoms with Crippen LogP contribution in [0.25, 0.3) is 0 Å². The molecule has 0 radical (unpaired) electrons. The topological polar surface area (TPSA) is 222 Å². The summed E-state index contributed by atoms with van der Waals surface area (Å²) in [4.78, 5) is 41.3. The van der Waals surface area contributed by atoms with E-state index in [9.17, 15) is 29.7 Å². The number of aliphatic hydroxyl groups is 2. The van der Waals surface area contributed by atoms with Gasteiger partial charge >= 0.3 is 12.1 Å². The third-order valence-electron chi connectivity index (χ3n) is 4.69. The number of guanidine groups is 1. The summed E-state index contributed by atoms with van der Waals surface area (Å²) in [5.74, 6) is -2.96. The number of piperazine rings is 1. The first-order chi connectivity index (χ1) is 14.6. The third kappa shape index (κ3) is 6.44. The summed E-state index contributed by atoms with van der Waals surface area (Å²) in [5, 5.41) is 34.9. The number of hydrogen-bond acceptors (Lipinski definition) is 9. The minimum Gasteiger partial charge on any atom is -0.477 e. The van der Waals surface area contributed by atoms with Gasteiger partial charge in [0.1, 0.15) is 6.10 Å². The molecule has 174 valence electrons. The van der Waals surface area contributed by atoms with E-state index < -0.39 is 60.7 Å². The molecular formula is C17H28N6O8. The van der Waals surface area contributed by atoms with Crippen LogP contribution in [-0.2, 0) is 19.1 Å². The number of amides is 2. The van der Waals surface area contributed by atoms with E-state index in [0.717, 1.165) is 6.08 Å². The molecule has 14 heteroatoms. The van der Waals surface area contributed by atoms with E-state index in [1.54, 1.807) is 0 Å². The summed E-state index contributed by atoms with van der Waals surface area (Å²) in [7, 11) is 0. The maximum Gasteiger partial charge on any atom is 0.410 e. The van der Waals surface area contributed by atoms with Crippen LogP contribution in [0.2, 0.25) is 0 Å². The van der Waals surface area contributed by atoms with Crippen LogP contribution in [0.1, 0.15) is 6.92 Å². The van der Waals surface area contributed by atoms with Gasteiger partial charge in [-0.05, 0) is 6.08 Å². The van der Waals surface area contributed by atoms with E-state index in [0.29, 0.717) is 26.2 Å². The molecule has 31 heavy (non-hydrogen) atoms. The van der Waals surface area contributed by atoms with Gasteiger partial charge in [-0.3, -0.25) is 4.79 Å². The fourth-order valence-electron chi connectivity index (χ4n) is 3.30. The number of carbonyl (C=O) groups excluding carboxylic acids is 2. The Kier molecular flexibility index (Phi) is 8.41. The number of aliphatic hydroxyl groups excluding tert-OH is 2. The predicted molar refractivity (Wildman–Crippen MR) is 106 cm³/mol. The largest absolute Gasteiger partial charge is 0.477 e. The molecule has 1 fully saturated rings. The van der Waals surface area contributed by atoms with Crippen molar-refractivity contribution in [3.8, 4) is 0 Å². The van der Waals surface area contributed by atoms with Gasteiger partial charge in [0.05, 0.1) is 18.7 Å². The molecule has 1 saturated heterocycles. The predicted octanol–water partition coefficient (Wildman–Crippen LogP) is -3.74. The molecule has 2 aliphatic rings. The maximum absolute atomic E-state index is 12.6. The lowest BCUT2D eigenvalue weighted by atomic mass is 9.92. The van der Waals surface area contributed by atoms with Crippen molar-refractivity contribution in [2.24, 2.45) is 16.5 Å². The molecule has 2 heterocycles. The number of nitrogens with two attached hydrogens (primary N) is 2. The SMILES string of the molecule is CC(=O)N[C@H]1[C@H]([C@H](OC(=O)N2CCNCC2)[C@H](O)CO)OC(C(=O)O)=C[C@@H]1N=C(N)N. The van der Waals surface area contributed by atoms with E-state index in [-0.39, 0.29) is 5.96 Å². The van der Waals surface area contributed by atoms with E-state index in [1.807, 2.05) is 0 Å². The van der Waals surface area contributed by atoms with Gasteiger partial charge in [0, 0.05) is 33.1 Å². The Bertz CT molecular complexity index is 734. The molecule has 2 aliphatic heterocycles. The van der Waals surface area contributed by atoms with Gasteiger partial charge < -0.3 is 51.8 Å². The Morgan fingerprint density at radius 3 is 2.55 bits per heavy atom. The molecular weight excluding hydrogens is 416 g/mol. The first-order valence-electron chi connectivity index (χ1n) is 9.56. The molecule has 14 nitrogen and oxygen atoms in total. The summed E-state index contributed by atoms with van der Waals surface area (Å²) in [6, 6.07) is -2.23. The normalized spacial score (nSPS) is 25.3. The van der Waals surface area contributed by atoms with Crippen molar-refractivity contribution >= 4 is 23.9 Å². The van der Waals surface area contributed by atoms with Crippen LogP contribution in [0, 0.1) is 0 Å². The Balaban J connectivity index is 2.41. The third-order valence-corrected chi connectivity index (χ3v) is 4.69. The molecule has 0 saturated carbocycles. The molecule has 0 aromatic carbocycles. The van der Waals surface area contributed by atoms with E-state index >= 15 is 0 Å². The highest BCUT2D eigenvalue weighted by atomic mass is 16.6. The Hall–Kier alpha value is -3.10. The zero-order valence-electron chi connectivity index (χ0n) is 16.9. The van der Waals surface area contributed by atoms with Crippen molar-refractivity contribution in [1.82, 2.24) is 15.5 Å². The summed E-state index contributed by atoms with van der Waals surface area (Å²) >= 11 is 0. The van der Waals surface area contributed by atoms with Crippen LogP contribution >= 0.6 is 0 Å². The van der Waals surface area contributed by atoms with Gasteiger partial charge in [0.25, 0.3) is 0 Å². The van der Waals surface area contributed by atoms with Crippen LogP contribution in [-0.4, -0.2) is 107 Å². The standard InChI is InChI=1S/C17H28N6O8/c1-8(25)21-12-9(22-16(18)19)6-11(15(27)28)30-14(12)13(10(26)7-24)31-17(29)23-4-2-20-3-5-23/h6,9-10,12-14,20,24,26H,2-5,7H2,1H3,(H,21,25)(H,27,28)(H4,18,19,22)/t9-,10+,12+,13+,14+/m0/s1. The zero-order valence-corrected chi connectivity index (χ0v) is 16.9. The lowest BCUT2D eigenvalue weighted by molar-refractivity contribution is -0.146. The molecule has 5 atom stereocenters. The lowest BCUT2D eigenvalue weighted by Crippen LogP contribution is -2.61. The molecule has 2 amide bonds. The summed E-state index contributed by atoms with van der Waals surface area (Å²) in [5.41, 5.74) is 10.9. The number of aliphatic carboxylic acids is 1. The van der Waals surface area contributed by atoms with Crippen molar-refractivity contribution < 1.29 is 39.2 Å². The number of carboxylic acids is 1. The van der Waals surface area contributed by atoms with Crippen molar-refractivity contribution in [1.29, 1.82) is 0 Å². The van der Waals surface area contributed by atoms with Crippen LogP contribution < -0.4 is 22.1 Å². The van der Waals surface area contributed by atoms with Crippen LogP contribution in [0.4, 0.5) is 4.79 Å². The number of nitrogens with one attached hydrogen (secondary N) is 2. The molecule has 9 N–H and O–H groups in total. The second-order valence-corrected chi connectivity index (χ2v) is 7.02. The van der Waals surface area contributed by atoms with Crippen molar-refractivity contribution in [3.63, 3.8) is 0 Å². The van der Waals surface area contributed by atoms with E-state index in [4.69, 9.17) is 20.9 Å². The first-order valence-corrected chi connectivity index (χ1v) is 9.56. The van der Waals surface area contributed by atoms with Crippen LogP contribution in [0.5, 0.6) is 0 Å². The number of carboxylic acid groups (broad SMARTS) is 1. The minimum absolute atomic E-state index is 0.346. The number of rotatable bonds is 7.